The molecule has 6 heteroatoms. The lowest BCUT2D eigenvalue weighted by atomic mass is 10.2. The zero-order chi connectivity index (χ0) is 17.2. The third-order valence-corrected chi connectivity index (χ3v) is 5.62. The number of ether oxygens (including phenoxy) is 2. The summed E-state index contributed by atoms with van der Waals surface area (Å²) in [6.07, 6.45) is 1.60. The number of rotatable bonds is 5. The number of methoxy groups -OCH3 is 1. The van der Waals surface area contributed by atoms with Crippen LogP contribution in [0.15, 0.2) is 76.2 Å². The predicted octanol–water partition coefficient (Wildman–Crippen LogP) is 3.97. The molecular formula is C19H17NO4S. The normalized spacial score (nSPS) is 19.7. The topological polar surface area (TPSA) is 60.7 Å². The van der Waals surface area contributed by atoms with Crippen LogP contribution in [0.5, 0.6) is 11.5 Å². The maximum Gasteiger partial charge on any atom is 0.204 e. The van der Waals surface area contributed by atoms with E-state index in [0.717, 1.165) is 11.4 Å². The van der Waals surface area contributed by atoms with Crippen molar-refractivity contribution in [3.63, 3.8) is 0 Å². The average molecular weight is 355 g/mol. The molecule has 0 bridgehead atoms. The molecule has 0 amide bonds. The molecule has 25 heavy (non-hydrogen) atoms. The SMILES string of the molecule is COc1ccc(N[C@H](c2ccco2)[C@@H]2Oc3ccccc3S2=O)cc1. The van der Waals surface area contributed by atoms with Gasteiger partial charge in [-0.05, 0) is 48.5 Å². The minimum absolute atomic E-state index is 0.392. The Balaban J connectivity index is 1.65. The summed E-state index contributed by atoms with van der Waals surface area (Å²) in [6.45, 7) is 0. The van der Waals surface area contributed by atoms with E-state index in [2.05, 4.69) is 5.32 Å². The molecule has 1 aliphatic heterocycles. The van der Waals surface area contributed by atoms with Crippen molar-refractivity contribution in [3.05, 3.63) is 72.7 Å². The molecule has 4 rings (SSSR count). The Morgan fingerprint density at radius 3 is 2.56 bits per heavy atom. The third kappa shape index (κ3) is 3.00. The molecule has 0 fully saturated rings. The van der Waals surface area contributed by atoms with Crippen LogP contribution in [-0.2, 0) is 10.8 Å². The lowest BCUT2D eigenvalue weighted by Gasteiger charge is -2.23. The van der Waals surface area contributed by atoms with Crippen LogP contribution in [0.4, 0.5) is 5.69 Å². The van der Waals surface area contributed by atoms with E-state index < -0.39 is 22.3 Å². The van der Waals surface area contributed by atoms with Gasteiger partial charge in [0.2, 0.25) is 5.44 Å². The van der Waals surface area contributed by atoms with Gasteiger partial charge >= 0.3 is 0 Å². The van der Waals surface area contributed by atoms with Gasteiger partial charge < -0.3 is 19.2 Å². The number of nitrogens with one attached hydrogen (secondary N) is 1. The van der Waals surface area contributed by atoms with Crippen molar-refractivity contribution in [2.24, 2.45) is 0 Å². The van der Waals surface area contributed by atoms with E-state index in [1.807, 2.05) is 60.7 Å². The first-order valence-corrected chi connectivity index (χ1v) is 9.08. The van der Waals surface area contributed by atoms with Crippen molar-refractivity contribution < 1.29 is 18.1 Å². The van der Waals surface area contributed by atoms with Gasteiger partial charge in [-0.1, -0.05) is 12.1 Å². The van der Waals surface area contributed by atoms with E-state index in [9.17, 15) is 4.21 Å². The van der Waals surface area contributed by atoms with Gasteiger partial charge in [0.1, 0.15) is 34.1 Å². The molecule has 3 atom stereocenters. The number of anilines is 1. The van der Waals surface area contributed by atoms with Crippen LogP contribution in [0, 0.1) is 0 Å². The summed E-state index contributed by atoms with van der Waals surface area (Å²) in [5.41, 5.74) is 0.282. The highest BCUT2D eigenvalue weighted by Crippen LogP contribution is 2.39. The molecular weight excluding hydrogens is 338 g/mol. The Hall–Kier alpha value is -2.73. The van der Waals surface area contributed by atoms with Crippen LogP contribution in [0.1, 0.15) is 11.8 Å². The van der Waals surface area contributed by atoms with Crippen molar-refractivity contribution in [3.8, 4) is 11.5 Å². The van der Waals surface area contributed by atoms with Crippen LogP contribution in [0.25, 0.3) is 0 Å². The van der Waals surface area contributed by atoms with Crippen molar-refractivity contribution in [1.29, 1.82) is 0 Å². The van der Waals surface area contributed by atoms with E-state index in [4.69, 9.17) is 13.9 Å². The minimum atomic E-state index is -1.30. The first-order chi connectivity index (χ1) is 12.3. The molecule has 0 saturated heterocycles. The highest BCUT2D eigenvalue weighted by molar-refractivity contribution is 7.86. The van der Waals surface area contributed by atoms with Gasteiger partial charge in [-0.15, -0.1) is 0 Å². The Morgan fingerprint density at radius 2 is 1.88 bits per heavy atom. The largest absolute Gasteiger partial charge is 0.497 e. The molecule has 1 unspecified atom stereocenters. The third-order valence-electron chi connectivity index (χ3n) is 4.05. The maximum atomic E-state index is 12.9. The molecule has 2 aromatic carbocycles. The van der Waals surface area contributed by atoms with Gasteiger partial charge in [0.25, 0.3) is 0 Å². The first-order valence-electron chi connectivity index (χ1n) is 7.86. The fraction of sp³-hybridized carbons (Fsp3) is 0.158. The van der Waals surface area contributed by atoms with Crippen molar-refractivity contribution in [1.82, 2.24) is 0 Å². The van der Waals surface area contributed by atoms with E-state index in [-0.39, 0.29) is 0 Å². The Morgan fingerprint density at radius 1 is 1.08 bits per heavy atom. The van der Waals surface area contributed by atoms with Gasteiger partial charge in [0.05, 0.1) is 18.3 Å². The fourth-order valence-corrected chi connectivity index (χ4v) is 4.23. The monoisotopic (exact) mass is 355 g/mol. The standard InChI is InChI=1S/C19H17NO4S/c1-22-14-10-8-13(9-11-14)20-18(16-6-4-12-23-16)19-24-15-5-2-3-7-17(15)25(19)21/h2-12,18-20H,1H3/t18-,19-,25?/m1/s1. The van der Waals surface area contributed by atoms with Crippen molar-refractivity contribution in [2.45, 2.75) is 16.4 Å². The molecule has 2 heterocycles. The van der Waals surface area contributed by atoms with Crippen LogP contribution >= 0.6 is 0 Å². The lowest BCUT2D eigenvalue weighted by molar-refractivity contribution is 0.253. The molecule has 1 N–H and O–H groups in total. The highest BCUT2D eigenvalue weighted by Gasteiger charge is 2.39. The summed E-state index contributed by atoms with van der Waals surface area (Å²) in [5, 5.41) is 3.37. The highest BCUT2D eigenvalue weighted by atomic mass is 32.2. The lowest BCUT2D eigenvalue weighted by Crippen LogP contribution is -2.30. The summed E-state index contributed by atoms with van der Waals surface area (Å²) in [4.78, 5) is 0.709. The van der Waals surface area contributed by atoms with Crippen molar-refractivity contribution in [2.75, 3.05) is 12.4 Å². The Labute approximate surface area is 148 Å². The number of fused-ring (bicyclic) bond motifs is 1. The number of benzene rings is 2. The molecule has 1 aliphatic rings. The summed E-state index contributed by atoms with van der Waals surface area (Å²) in [6, 6.07) is 18.2. The molecule has 0 aliphatic carbocycles. The zero-order valence-electron chi connectivity index (χ0n) is 13.5. The second kappa shape index (κ2) is 6.64. The molecule has 1 aromatic heterocycles. The fourth-order valence-electron chi connectivity index (χ4n) is 2.81. The summed E-state index contributed by atoms with van der Waals surface area (Å²) in [7, 11) is 0.326. The molecule has 128 valence electrons. The van der Waals surface area contributed by atoms with Gasteiger partial charge in [-0.3, -0.25) is 4.21 Å². The Bertz CT molecular complexity index is 877. The van der Waals surface area contributed by atoms with Gasteiger partial charge in [0, 0.05) is 5.69 Å². The average Bonchev–Trinajstić information content (AvgIpc) is 3.29. The smallest absolute Gasteiger partial charge is 0.204 e. The predicted molar refractivity (Wildman–Crippen MR) is 95.3 cm³/mol. The Kier molecular flexibility index (Phi) is 4.19. The molecule has 3 aromatic rings. The van der Waals surface area contributed by atoms with Crippen LogP contribution < -0.4 is 14.8 Å². The van der Waals surface area contributed by atoms with Gasteiger partial charge in [0.15, 0.2) is 0 Å². The van der Waals surface area contributed by atoms with E-state index in [1.54, 1.807) is 13.4 Å². The second-order valence-corrected chi connectivity index (χ2v) is 7.10. The van der Waals surface area contributed by atoms with Gasteiger partial charge in [-0.25, -0.2) is 0 Å². The zero-order valence-corrected chi connectivity index (χ0v) is 14.4. The molecule has 0 saturated carbocycles. The molecule has 0 spiro atoms. The van der Waals surface area contributed by atoms with Crippen LogP contribution in [0.2, 0.25) is 0 Å². The van der Waals surface area contributed by atoms with Gasteiger partial charge in [-0.2, -0.15) is 0 Å². The van der Waals surface area contributed by atoms with Crippen molar-refractivity contribution >= 4 is 16.5 Å². The summed E-state index contributed by atoms with van der Waals surface area (Å²) < 4.78 is 29.6. The van der Waals surface area contributed by atoms with E-state index >= 15 is 0 Å². The van der Waals surface area contributed by atoms with E-state index in [1.165, 1.54) is 0 Å². The van der Waals surface area contributed by atoms with Crippen LogP contribution in [-0.4, -0.2) is 16.8 Å². The molecule has 5 nitrogen and oxygen atoms in total. The minimum Gasteiger partial charge on any atom is -0.497 e. The summed E-state index contributed by atoms with van der Waals surface area (Å²) in [5.74, 6) is 2.09. The first kappa shape index (κ1) is 15.8. The van der Waals surface area contributed by atoms with E-state index in [0.29, 0.717) is 16.4 Å². The summed E-state index contributed by atoms with van der Waals surface area (Å²) >= 11 is 0. The number of hydrogen-bond donors (Lipinski definition) is 1. The van der Waals surface area contributed by atoms with Crippen LogP contribution in [0.3, 0.4) is 0 Å². The second-order valence-electron chi connectivity index (χ2n) is 5.60. The quantitative estimate of drug-likeness (QED) is 0.750. The molecule has 0 radical (unpaired) electrons. The number of furan rings is 1. The number of para-hydroxylation sites is 1. The maximum absolute atomic E-state index is 12.9. The number of hydrogen-bond acceptors (Lipinski definition) is 5.